The molecule has 0 aliphatic heterocycles. The number of fused-ring (bicyclic) bond motifs is 1. The van der Waals surface area contributed by atoms with E-state index < -0.39 is 5.97 Å². The van der Waals surface area contributed by atoms with Crippen molar-refractivity contribution >= 4 is 16.9 Å². The molecule has 1 N–H and O–H groups in total. The molecule has 0 fully saturated rings. The summed E-state index contributed by atoms with van der Waals surface area (Å²) < 4.78 is 23.8. The Morgan fingerprint density at radius 2 is 2.00 bits per heavy atom. The lowest BCUT2D eigenvalue weighted by atomic mass is 10.0. The first-order valence-corrected chi connectivity index (χ1v) is 6.19. The number of ether oxygens (including phenoxy) is 1. The number of benzene rings is 2. The van der Waals surface area contributed by atoms with Crippen LogP contribution in [0.5, 0.6) is 5.75 Å². The monoisotopic (exact) mass is 286 g/mol. The first-order chi connectivity index (χ1) is 10.1. The second-order valence-electron chi connectivity index (χ2n) is 4.51. The van der Waals surface area contributed by atoms with Gasteiger partial charge in [0.1, 0.15) is 22.9 Å². The summed E-state index contributed by atoms with van der Waals surface area (Å²) in [7, 11) is 1.46. The smallest absolute Gasteiger partial charge is 0.336 e. The standard InChI is InChI=1S/C16H11FO4/c1-20-11-3-4-12(13(8-11)16(18)19)15-7-9-6-10(17)2-5-14(9)21-15/h2-8H,1H3,(H,18,19). The van der Waals surface area contributed by atoms with Crippen molar-refractivity contribution < 1.29 is 23.4 Å². The lowest BCUT2D eigenvalue weighted by molar-refractivity contribution is 0.0697. The van der Waals surface area contributed by atoms with E-state index in [2.05, 4.69) is 0 Å². The van der Waals surface area contributed by atoms with E-state index >= 15 is 0 Å². The lowest BCUT2D eigenvalue weighted by Gasteiger charge is -2.06. The third-order valence-electron chi connectivity index (χ3n) is 3.20. The van der Waals surface area contributed by atoms with Crippen molar-refractivity contribution in [1.82, 2.24) is 0 Å². The minimum Gasteiger partial charge on any atom is -0.497 e. The van der Waals surface area contributed by atoms with Gasteiger partial charge in [-0.05, 0) is 42.5 Å². The fourth-order valence-corrected chi connectivity index (χ4v) is 2.19. The predicted octanol–water partition coefficient (Wildman–Crippen LogP) is 3.95. The molecule has 1 aromatic heterocycles. The molecule has 5 heteroatoms. The van der Waals surface area contributed by atoms with Crippen LogP contribution in [0.4, 0.5) is 4.39 Å². The van der Waals surface area contributed by atoms with Crippen molar-refractivity contribution in [1.29, 1.82) is 0 Å². The van der Waals surface area contributed by atoms with E-state index in [9.17, 15) is 14.3 Å². The fraction of sp³-hybridized carbons (Fsp3) is 0.0625. The van der Waals surface area contributed by atoms with Gasteiger partial charge in [0.25, 0.3) is 0 Å². The molecular formula is C16H11FO4. The Labute approximate surface area is 119 Å². The molecule has 0 bridgehead atoms. The van der Waals surface area contributed by atoms with Gasteiger partial charge in [0, 0.05) is 10.9 Å². The van der Waals surface area contributed by atoms with Crippen LogP contribution in [0.3, 0.4) is 0 Å². The number of hydrogen-bond acceptors (Lipinski definition) is 3. The first kappa shape index (κ1) is 13.2. The van der Waals surface area contributed by atoms with Crippen LogP contribution in [0.2, 0.25) is 0 Å². The highest BCUT2D eigenvalue weighted by Gasteiger charge is 2.16. The SMILES string of the molecule is COc1ccc(-c2cc3cc(F)ccc3o2)c(C(=O)O)c1. The number of rotatable bonds is 3. The Kier molecular flexibility index (Phi) is 3.10. The molecule has 0 atom stereocenters. The predicted molar refractivity (Wildman–Crippen MR) is 75.1 cm³/mol. The van der Waals surface area contributed by atoms with Crippen LogP contribution >= 0.6 is 0 Å². The van der Waals surface area contributed by atoms with Gasteiger partial charge in [-0.15, -0.1) is 0 Å². The molecule has 0 radical (unpaired) electrons. The molecular weight excluding hydrogens is 275 g/mol. The van der Waals surface area contributed by atoms with Crippen molar-refractivity contribution in [2.45, 2.75) is 0 Å². The Balaban J connectivity index is 2.19. The maximum absolute atomic E-state index is 13.2. The molecule has 3 aromatic rings. The number of carbonyl (C=O) groups is 1. The molecule has 4 nitrogen and oxygen atoms in total. The van der Waals surface area contributed by atoms with Crippen LogP contribution in [0.15, 0.2) is 46.9 Å². The summed E-state index contributed by atoms with van der Waals surface area (Å²) in [5.41, 5.74) is 0.979. The molecule has 3 rings (SSSR count). The molecule has 0 amide bonds. The Bertz CT molecular complexity index is 835. The van der Waals surface area contributed by atoms with Crippen LogP contribution in [0.1, 0.15) is 10.4 Å². The molecule has 21 heavy (non-hydrogen) atoms. The summed E-state index contributed by atoms with van der Waals surface area (Å²) in [6.07, 6.45) is 0. The molecule has 2 aromatic carbocycles. The maximum Gasteiger partial charge on any atom is 0.336 e. The van der Waals surface area contributed by atoms with Crippen LogP contribution in [0, 0.1) is 5.82 Å². The van der Waals surface area contributed by atoms with Gasteiger partial charge in [0.05, 0.1) is 12.7 Å². The van der Waals surface area contributed by atoms with Crippen molar-refractivity contribution in [3.8, 4) is 17.1 Å². The van der Waals surface area contributed by atoms with Gasteiger partial charge in [-0.3, -0.25) is 0 Å². The van der Waals surface area contributed by atoms with Crippen LogP contribution in [0.25, 0.3) is 22.3 Å². The number of hydrogen-bond donors (Lipinski definition) is 1. The Hall–Kier alpha value is -2.82. The quantitative estimate of drug-likeness (QED) is 0.792. The fourth-order valence-electron chi connectivity index (χ4n) is 2.19. The summed E-state index contributed by atoms with van der Waals surface area (Å²) in [6, 6.07) is 10.4. The minimum atomic E-state index is -1.09. The van der Waals surface area contributed by atoms with Gasteiger partial charge in [0.15, 0.2) is 0 Å². The number of aromatic carboxylic acids is 1. The third kappa shape index (κ3) is 2.33. The third-order valence-corrected chi connectivity index (χ3v) is 3.20. The van der Waals surface area contributed by atoms with Crippen LogP contribution in [-0.2, 0) is 0 Å². The summed E-state index contributed by atoms with van der Waals surface area (Å²) in [4.78, 5) is 11.4. The summed E-state index contributed by atoms with van der Waals surface area (Å²) in [5, 5.41) is 9.89. The average Bonchev–Trinajstić information content (AvgIpc) is 2.89. The highest BCUT2D eigenvalue weighted by Crippen LogP contribution is 2.32. The van der Waals surface area contributed by atoms with Crippen LogP contribution in [-0.4, -0.2) is 18.2 Å². The normalized spacial score (nSPS) is 10.8. The average molecular weight is 286 g/mol. The second-order valence-corrected chi connectivity index (χ2v) is 4.51. The van der Waals surface area contributed by atoms with Gasteiger partial charge < -0.3 is 14.3 Å². The Morgan fingerprint density at radius 1 is 1.19 bits per heavy atom. The summed E-state index contributed by atoms with van der Waals surface area (Å²) in [6.45, 7) is 0. The molecule has 1 heterocycles. The summed E-state index contributed by atoms with van der Waals surface area (Å²) in [5.74, 6) is -0.646. The van der Waals surface area contributed by atoms with Crippen molar-refractivity contribution in [2.24, 2.45) is 0 Å². The van der Waals surface area contributed by atoms with Crippen molar-refractivity contribution in [3.05, 3.63) is 53.8 Å². The van der Waals surface area contributed by atoms with Gasteiger partial charge in [-0.1, -0.05) is 0 Å². The number of halogens is 1. The van der Waals surface area contributed by atoms with E-state index in [1.807, 2.05) is 0 Å². The molecule has 0 saturated heterocycles. The largest absolute Gasteiger partial charge is 0.497 e. The van der Waals surface area contributed by atoms with Gasteiger partial charge in [-0.2, -0.15) is 0 Å². The van der Waals surface area contributed by atoms with Crippen molar-refractivity contribution in [3.63, 3.8) is 0 Å². The van der Waals surface area contributed by atoms with E-state index in [0.717, 1.165) is 0 Å². The van der Waals surface area contributed by atoms with Crippen LogP contribution < -0.4 is 4.74 Å². The van der Waals surface area contributed by atoms with Gasteiger partial charge >= 0.3 is 5.97 Å². The van der Waals surface area contributed by atoms with Gasteiger partial charge in [0.2, 0.25) is 0 Å². The molecule has 0 aliphatic rings. The molecule has 0 unspecified atom stereocenters. The lowest BCUT2D eigenvalue weighted by Crippen LogP contribution is -2.00. The maximum atomic E-state index is 13.2. The second kappa shape index (κ2) is 4.94. The highest BCUT2D eigenvalue weighted by molar-refractivity contribution is 5.97. The first-order valence-electron chi connectivity index (χ1n) is 6.19. The number of furan rings is 1. The number of carboxylic acid groups (broad SMARTS) is 1. The zero-order chi connectivity index (χ0) is 15.0. The van der Waals surface area contributed by atoms with E-state index in [1.54, 1.807) is 18.2 Å². The highest BCUT2D eigenvalue weighted by atomic mass is 19.1. The van der Waals surface area contributed by atoms with Crippen molar-refractivity contribution in [2.75, 3.05) is 7.11 Å². The topological polar surface area (TPSA) is 59.7 Å². The van der Waals surface area contributed by atoms with E-state index in [-0.39, 0.29) is 11.4 Å². The molecule has 106 valence electrons. The number of carboxylic acids is 1. The molecule has 0 spiro atoms. The Morgan fingerprint density at radius 3 is 2.71 bits per heavy atom. The zero-order valence-electron chi connectivity index (χ0n) is 11.1. The van der Waals surface area contributed by atoms with E-state index in [1.165, 1.54) is 31.4 Å². The zero-order valence-corrected chi connectivity index (χ0v) is 11.1. The molecule has 0 saturated carbocycles. The minimum absolute atomic E-state index is 0.0638. The molecule has 0 aliphatic carbocycles. The van der Waals surface area contributed by atoms with Gasteiger partial charge in [-0.25, -0.2) is 9.18 Å². The summed E-state index contributed by atoms with van der Waals surface area (Å²) >= 11 is 0. The van der Waals surface area contributed by atoms with E-state index in [4.69, 9.17) is 9.15 Å². The number of methoxy groups -OCH3 is 1. The van der Waals surface area contributed by atoms with E-state index in [0.29, 0.717) is 28.0 Å².